The summed E-state index contributed by atoms with van der Waals surface area (Å²) in [5.74, 6) is 5.32. The van der Waals surface area contributed by atoms with Crippen molar-refractivity contribution in [2.75, 3.05) is 6.61 Å². The zero-order valence-electron chi connectivity index (χ0n) is 11.9. The van der Waals surface area contributed by atoms with Crippen LogP contribution in [0.15, 0.2) is 23.7 Å². The van der Waals surface area contributed by atoms with E-state index in [1.165, 1.54) is 11.3 Å². The second-order valence-corrected chi connectivity index (χ2v) is 5.42. The lowest BCUT2D eigenvalue weighted by molar-refractivity contribution is 0.0950. The number of aromatic nitrogens is 1. The lowest BCUT2D eigenvalue weighted by Gasteiger charge is -2.08. The van der Waals surface area contributed by atoms with Gasteiger partial charge in [-0.2, -0.15) is 0 Å². The van der Waals surface area contributed by atoms with Crippen molar-refractivity contribution in [1.82, 2.24) is 10.3 Å². The number of aryl methyl sites for hydroxylation is 1. The molecule has 108 valence electrons. The highest BCUT2D eigenvalue weighted by Crippen LogP contribution is 2.15. The number of carbonyl (C=O) groups is 1. The van der Waals surface area contributed by atoms with E-state index in [1.54, 1.807) is 17.6 Å². The molecular formula is C16H16N2O2S. The zero-order valence-corrected chi connectivity index (χ0v) is 12.8. The van der Waals surface area contributed by atoms with Gasteiger partial charge in [-0.25, -0.2) is 4.98 Å². The third-order valence-corrected chi connectivity index (χ3v) is 4.07. The topological polar surface area (TPSA) is 62.2 Å². The van der Waals surface area contributed by atoms with E-state index in [0.717, 1.165) is 21.7 Å². The first-order valence-electron chi connectivity index (χ1n) is 6.50. The van der Waals surface area contributed by atoms with Crippen LogP contribution in [-0.4, -0.2) is 22.6 Å². The Morgan fingerprint density at radius 3 is 2.90 bits per heavy atom. The average Bonchev–Trinajstić information content (AvgIpc) is 2.89. The largest absolute Gasteiger partial charge is 0.384 e. The number of benzene rings is 1. The Morgan fingerprint density at radius 1 is 1.43 bits per heavy atom. The fourth-order valence-electron chi connectivity index (χ4n) is 1.90. The first kappa shape index (κ1) is 15.2. The molecule has 4 nitrogen and oxygen atoms in total. The first-order chi connectivity index (χ1) is 10.1. The Labute approximate surface area is 127 Å². The number of amides is 1. The number of rotatable bonds is 3. The van der Waals surface area contributed by atoms with E-state index >= 15 is 0 Å². The molecule has 0 aliphatic carbocycles. The molecule has 2 aromatic rings. The minimum absolute atomic E-state index is 0.132. The van der Waals surface area contributed by atoms with Crippen LogP contribution in [0.5, 0.6) is 0 Å². The minimum Gasteiger partial charge on any atom is -0.384 e. The number of thiazole rings is 1. The standard InChI is InChI=1S/C16H16N2O2S/c1-11-13(6-4-8-19)5-3-7-14(11)16(20)17-9-15-12(2)18-10-21-15/h3,5,7,10,19H,8-9H2,1-2H3,(H,17,20). The van der Waals surface area contributed by atoms with E-state index in [1.807, 2.05) is 19.9 Å². The van der Waals surface area contributed by atoms with E-state index in [4.69, 9.17) is 5.11 Å². The van der Waals surface area contributed by atoms with Gasteiger partial charge in [-0.1, -0.05) is 17.9 Å². The molecule has 0 aliphatic heterocycles. The molecule has 0 atom stereocenters. The van der Waals surface area contributed by atoms with Gasteiger partial charge in [0.05, 0.1) is 17.7 Å². The van der Waals surface area contributed by atoms with Crippen molar-refractivity contribution in [1.29, 1.82) is 0 Å². The molecular weight excluding hydrogens is 284 g/mol. The normalized spacial score (nSPS) is 9.86. The van der Waals surface area contributed by atoms with Gasteiger partial charge in [0, 0.05) is 16.0 Å². The van der Waals surface area contributed by atoms with Crippen molar-refractivity contribution in [3.8, 4) is 11.8 Å². The van der Waals surface area contributed by atoms with E-state index < -0.39 is 0 Å². The molecule has 1 aromatic heterocycles. The Balaban J connectivity index is 2.14. The predicted octanol–water partition coefficient (Wildman–Crippen LogP) is 2.03. The number of aliphatic hydroxyl groups excluding tert-OH is 1. The maximum Gasteiger partial charge on any atom is 0.251 e. The van der Waals surface area contributed by atoms with Gasteiger partial charge in [-0.15, -0.1) is 11.3 Å². The number of hydrogen-bond donors (Lipinski definition) is 2. The van der Waals surface area contributed by atoms with Crippen LogP contribution >= 0.6 is 11.3 Å². The fraction of sp³-hybridized carbons (Fsp3) is 0.250. The first-order valence-corrected chi connectivity index (χ1v) is 7.38. The van der Waals surface area contributed by atoms with Gasteiger partial charge in [-0.3, -0.25) is 4.79 Å². The molecule has 0 saturated heterocycles. The van der Waals surface area contributed by atoms with Crippen molar-refractivity contribution in [2.45, 2.75) is 20.4 Å². The average molecular weight is 300 g/mol. The highest BCUT2D eigenvalue weighted by molar-refractivity contribution is 7.09. The maximum absolute atomic E-state index is 12.3. The summed E-state index contributed by atoms with van der Waals surface area (Å²) in [6, 6.07) is 5.40. The molecule has 1 amide bonds. The number of aliphatic hydroxyl groups is 1. The van der Waals surface area contributed by atoms with Crippen molar-refractivity contribution in [2.24, 2.45) is 0 Å². The Bertz CT molecular complexity index is 711. The van der Waals surface area contributed by atoms with E-state index in [9.17, 15) is 4.79 Å². The molecule has 2 rings (SSSR count). The molecule has 0 unspecified atom stereocenters. The highest BCUT2D eigenvalue weighted by Gasteiger charge is 2.11. The number of nitrogens with zero attached hydrogens (tertiary/aromatic N) is 1. The fourth-order valence-corrected chi connectivity index (χ4v) is 2.62. The molecule has 1 heterocycles. The number of hydrogen-bond acceptors (Lipinski definition) is 4. The third kappa shape index (κ3) is 3.69. The van der Waals surface area contributed by atoms with Crippen molar-refractivity contribution < 1.29 is 9.90 Å². The highest BCUT2D eigenvalue weighted by atomic mass is 32.1. The zero-order chi connectivity index (χ0) is 15.2. The lowest BCUT2D eigenvalue weighted by Crippen LogP contribution is -2.23. The van der Waals surface area contributed by atoms with Crippen LogP contribution in [0.25, 0.3) is 0 Å². The smallest absolute Gasteiger partial charge is 0.251 e. The molecule has 0 bridgehead atoms. The van der Waals surface area contributed by atoms with Crippen molar-refractivity contribution >= 4 is 17.2 Å². The quantitative estimate of drug-likeness (QED) is 0.853. The third-order valence-electron chi connectivity index (χ3n) is 3.13. The van der Waals surface area contributed by atoms with Gasteiger partial charge in [0.15, 0.2) is 0 Å². The molecule has 0 fully saturated rings. The van der Waals surface area contributed by atoms with Gasteiger partial charge >= 0.3 is 0 Å². The molecule has 1 aromatic carbocycles. The van der Waals surface area contributed by atoms with E-state index in [2.05, 4.69) is 22.1 Å². The van der Waals surface area contributed by atoms with Crippen LogP contribution in [0.3, 0.4) is 0 Å². The molecule has 5 heteroatoms. The molecule has 0 spiro atoms. The Morgan fingerprint density at radius 2 is 2.24 bits per heavy atom. The number of nitrogens with one attached hydrogen (secondary N) is 1. The van der Waals surface area contributed by atoms with E-state index in [0.29, 0.717) is 12.1 Å². The van der Waals surface area contributed by atoms with Gasteiger partial charge in [0.1, 0.15) is 6.61 Å². The van der Waals surface area contributed by atoms with Crippen LogP contribution in [0.2, 0.25) is 0 Å². The monoisotopic (exact) mass is 300 g/mol. The van der Waals surface area contributed by atoms with Gasteiger partial charge in [0.25, 0.3) is 5.91 Å². The molecule has 21 heavy (non-hydrogen) atoms. The Hall–Kier alpha value is -2.16. The van der Waals surface area contributed by atoms with Crippen LogP contribution in [0.4, 0.5) is 0 Å². The van der Waals surface area contributed by atoms with Crippen LogP contribution < -0.4 is 5.32 Å². The SMILES string of the molecule is Cc1ncsc1CNC(=O)c1cccc(C#CCO)c1C. The van der Waals surface area contributed by atoms with Gasteiger partial charge in [0.2, 0.25) is 0 Å². The second-order valence-electron chi connectivity index (χ2n) is 4.48. The van der Waals surface area contributed by atoms with Gasteiger partial charge < -0.3 is 10.4 Å². The summed E-state index contributed by atoms with van der Waals surface area (Å²) >= 11 is 1.53. The van der Waals surface area contributed by atoms with Crippen LogP contribution in [0, 0.1) is 25.7 Å². The maximum atomic E-state index is 12.3. The lowest BCUT2D eigenvalue weighted by atomic mass is 10.0. The summed E-state index contributed by atoms with van der Waals surface area (Å²) in [5.41, 5.74) is 4.89. The summed E-state index contributed by atoms with van der Waals surface area (Å²) in [6.07, 6.45) is 0. The van der Waals surface area contributed by atoms with Gasteiger partial charge in [-0.05, 0) is 31.5 Å². The molecule has 2 N–H and O–H groups in total. The van der Waals surface area contributed by atoms with Crippen molar-refractivity contribution in [3.05, 3.63) is 51.0 Å². The minimum atomic E-state index is -0.194. The van der Waals surface area contributed by atoms with Crippen molar-refractivity contribution in [3.63, 3.8) is 0 Å². The summed E-state index contributed by atoms with van der Waals surface area (Å²) in [5, 5.41) is 11.7. The summed E-state index contributed by atoms with van der Waals surface area (Å²) in [4.78, 5) is 17.5. The Kier molecular flexibility index (Phi) is 5.09. The molecule has 0 aliphatic rings. The summed E-state index contributed by atoms with van der Waals surface area (Å²) < 4.78 is 0. The summed E-state index contributed by atoms with van der Waals surface area (Å²) in [6.45, 7) is 4.06. The summed E-state index contributed by atoms with van der Waals surface area (Å²) in [7, 11) is 0. The van der Waals surface area contributed by atoms with Crippen LogP contribution in [0.1, 0.15) is 32.1 Å². The second kappa shape index (κ2) is 7.02. The molecule has 0 radical (unpaired) electrons. The molecule has 0 saturated carbocycles. The number of carbonyl (C=O) groups excluding carboxylic acids is 1. The predicted molar refractivity (Wildman–Crippen MR) is 83.2 cm³/mol. The van der Waals surface area contributed by atoms with Crippen LogP contribution in [-0.2, 0) is 6.54 Å². The van der Waals surface area contributed by atoms with E-state index in [-0.39, 0.29) is 12.5 Å².